The van der Waals surface area contributed by atoms with Crippen molar-refractivity contribution < 1.29 is 4.79 Å². The van der Waals surface area contributed by atoms with E-state index in [1.165, 1.54) is 16.3 Å². The Balaban J connectivity index is 1.59. The van der Waals surface area contributed by atoms with Crippen LogP contribution in [0.2, 0.25) is 0 Å². The fraction of sp³-hybridized carbons (Fsp3) is 0.400. The minimum absolute atomic E-state index is 0.0887. The van der Waals surface area contributed by atoms with Gasteiger partial charge in [0.15, 0.2) is 0 Å². The molecule has 0 unspecified atom stereocenters. The Morgan fingerprint density at radius 3 is 2.67 bits per heavy atom. The number of likely N-dealkylation sites (N-methyl/N-ethyl adjacent to an activating group) is 1. The van der Waals surface area contributed by atoms with Crippen LogP contribution in [-0.2, 0) is 11.3 Å². The van der Waals surface area contributed by atoms with E-state index in [0.717, 1.165) is 12.8 Å². The van der Waals surface area contributed by atoms with Gasteiger partial charge in [0.2, 0.25) is 5.91 Å². The molecule has 0 spiro atoms. The minimum atomic E-state index is -0.721. The number of benzene rings is 2. The molecule has 0 saturated heterocycles. The van der Waals surface area contributed by atoms with E-state index in [-0.39, 0.29) is 12.5 Å². The van der Waals surface area contributed by atoms with Crippen LogP contribution in [-0.4, -0.2) is 29.9 Å². The average molecular weight is 321 g/mol. The highest BCUT2D eigenvalue weighted by Crippen LogP contribution is 2.39. The van der Waals surface area contributed by atoms with Gasteiger partial charge in [0.25, 0.3) is 0 Å². The highest BCUT2D eigenvalue weighted by molar-refractivity contribution is 5.83. The number of carbonyl (C=O) groups is 1. The smallest absolute Gasteiger partial charge is 0.235 e. The second-order valence-electron chi connectivity index (χ2n) is 6.99. The normalized spacial score (nSPS) is 16.6. The summed E-state index contributed by atoms with van der Waals surface area (Å²) in [5.41, 5.74) is 0.454. The van der Waals surface area contributed by atoms with Gasteiger partial charge < -0.3 is 5.32 Å². The van der Waals surface area contributed by atoms with E-state index in [1.807, 2.05) is 31.0 Å². The number of nitrogens with zero attached hydrogens (tertiary/aromatic N) is 2. The SMILES string of the molecule is CN(CC(=O)N[C@](C)(C#N)C1CC1)Cc1ccc2ccccc2c1. The van der Waals surface area contributed by atoms with E-state index < -0.39 is 5.54 Å². The van der Waals surface area contributed by atoms with Gasteiger partial charge in [0.05, 0.1) is 12.6 Å². The summed E-state index contributed by atoms with van der Waals surface area (Å²) in [6.45, 7) is 2.81. The number of hydrogen-bond donors (Lipinski definition) is 1. The molecule has 1 atom stereocenters. The molecule has 1 N–H and O–H groups in total. The number of hydrogen-bond acceptors (Lipinski definition) is 3. The van der Waals surface area contributed by atoms with Gasteiger partial charge in [-0.25, -0.2) is 0 Å². The highest BCUT2D eigenvalue weighted by Gasteiger charge is 2.42. The first-order chi connectivity index (χ1) is 11.5. The van der Waals surface area contributed by atoms with Crippen molar-refractivity contribution in [1.82, 2.24) is 10.2 Å². The van der Waals surface area contributed by atoms with Gasteiger partial charge in [-0.05, 0) is 55.1 Å². The van der Waals surface area contributed by atoms with Gasteiger partial charge in [-0.15, -0.1) is 0 Å². The molecule has 1 amide bonds. The standard InChI is InChI=1S/C20H23N3O/c1-20(14-21,18-9-10-18)22-19(24)13-23(2)12-15-7-8-16-5-3-4-6-17(16)11-15/h3-8,11,18H,9-10,12-13H2,1-2H3,(H,22,24)/t20-/m1/s1. The van der Waals surface area contributed by atoms with Crippen LogP contribution in [0, 0.1) is 17.2 Å². The van der Waals surface area contributed by atoms with Crippen molar-refractivity contribution in [1.29, 1.82) is 5.26 Å². The molecule has 1 saturated carbocycles. The Morgan fingerprint density at radius 2 is 2.00 bits per heavy atom. The molecule has 0 aliphatic heterocycles. The lowest BCUT2D eigenvalue weighted by atomic mass is 9.98. The van der Waals surface area contributed by atoms with Crippen LogP contribution in [0.4, 0.5) is 0 Å². The molecule has 1 fully saturated rings. The molecule has 0 bridgehead atoms. The lowest BCUT2D eigenvalue weighted by Gasteiger charge is -2.25. The lowest BCUT2D eigenvalue weighted by Crippen LogP contribution is -2.49. The second kappa shape index (κ2) is 6.62. The van der Waals surface area contributed by atoms with Gasteiger partial charge in [-0.2, -0.15) is 5.26 Å². The Morgan fingerprint density at radius 1 is 1.29 bits per heavy atom. The Bertz CT molecular complexity index is 791. The summed E-state index contributed by atoms with van der Waals surface area (Å²) >= 11 is 0. The fourth-order valence-electron chi connectivity index (χ4n) is 3.16. The van der Waals surface area contributed by atoms with E-state index in [4.69, 9.17) is 0 Å². The third-order valence-electron chi connectivity index (χ3n) is 4.71. The topological polar surface area (TPSA) is 56.1 Å². The number of nitrogens with one attached hydrogen (secondary N) is 1. The summed E-state index contributed by atoms with van der Waals surface area (Å²) in [5, 5.41) is 14.7. The van der Waals surface area contributed by atoms with Gasteiger partial charge in [-0.1, -0.05) is 36.4 Å². The molecule has 0 radical (unpaired) electrons. The number of carbonyl (C=O) groups excluding carboxylic acids is 1. The van der Waals surface area contributed by atoms with E-state index in [0.29, 0.717) is 12.5 Å². The molecule has 1 aliphatic carbocycles. The van der Waals surface area contributed by atoms with E-state index in [1.54, 1.807) is 0 Å². The van der Waals surface area contributed by atoms with Crippen molar-refractivity contribution in [2.24, 2.45) is 5.92 Å². The van der Waals surface area contributed by atoms with E-state index in [2.05, 4.69) is 41.7 Å². The zero-order chi connectivity index (χ0) is 17.2. The first-order valence-corrected chi connectivity index (χ1v) is 8.39. The van der Waals surface area contributed by atoms with Crippen molar-refractivity contribution in [3.63, 3.8) is 0 Å². The van der Waals surface area contributed by atoms with Crippen molar-refractivity contribution in [3.8, 4) is 6.07 Å². The molecule has 124 valence electrons. The highest BCUT2D eigenvalue weighted by atomic mass is 16.2. The Kier molecular flexibility index (Phi) is 4.55. The quantitative estimate of drug-likeness (QED) is 0.889. The molecular weight excluding hydrogens is 298 g/mol. The van der Waals surface area contributed by atoms with Crippen LogP contribution in [0.25, 0.3) is 10.8 Å². The molecule has 2 aromatic carbocycles. The molecule has 4 heteroatoms. The number of nitriles is 1. The molecule has 4 nitrogen and oxygen atoms in total. The van der Waals surface area contributed by atoms with Crippen molar-refractivity contribution in [2.75, 3.05) is 13.6 Å². The van der Waals surface area contributed by atoms with Crippen LogP contribution >= 0.6 is 0 Å². The van der Waals surface area contributed by atoms with Crippen molar-refractivity contribution in [2.45, 2.75) is 31.8 Å². The van der Waals surface area contributed by atoms with Crippen LogP contribution < -0.4 is 5.32 Å². The van der Waals surface area contributed by atoms with E-state index in [9.17, 15) is 10.1 Å². The Hall–Kier alpha value is -2.38. The zero-order valence-corrected chi connectivity index (χ0v) is 14.2. The minimum Gasteiger partial charge on any atom is -0.337 e. The number of fused-ring (bicyclic) bond motifs is 1. The fourth-order valence-corrected chi connectivity index (χ4v) is 3.16. The van der Waals surface area contributed by atoms with E-state index >= 15 is 0 Å². The maximum Gasteiger partial charge on any atom is 0.235 e. The maximum atomic E-state index is 12.3. The average Bonchev–Trinajstić information content (AvgIpc) is 3.39. The summed E-state index contributed by atoms with van der Waals surface area (Å²) in [7, 11) is 1.93. The van der Waals surface area contributed by atoms with Gasteiger partial charge in [0.1, 0.15) is 5.54 Å². The third-order valence-corrected chi connectivity index (χ3v) is 4.71. The second-order valence-corrected chi connectivity index (χ2v) is 6.99. The molecule has 2 aromatic rings. The molecule has 3 rings (SSSR count). The predicted molar refractivity (Wildman–Crippen MR) is 95.2 cm³/mol. The summed E-state index contributed by atoms with van der Waals surface area (Å²) in [5.74, 6) is 0.214. The monoisotopic (exact) mass is 321 g/mol. The van der Waals surface area contributed by atoms with Crippen molar-refractivity contribution in [3.05, 3.63) is 48.0 Å². The summed E-state index contributed by atoms with van der Waals surface area (Å²) in [6.07, 6.45) is 2.05. The van der Waals surface area contributed by atoms with Gasteiger partial charge in [0, 0.05) is 6.54 Å². The molecule has 1 aliphatic rings. The summed E-state index contributed by atoms with van der Waals surface area (Å²) < 4.78 is 0. The third kappa shape index (κ3) is 3.74. The molecule has 0 aromatic heterocycles. The first kappa shape index (κ1) is 16.5. The Labute approximate surface area is 143 Å². The molecule has 0 heterocycles. The number of amides is 1. The zero-order valence-electron chi connectivity index (χ0n) is 14.2. The van der Waals surface area contributed by atoms with Gasteiger partial charge in [-0.3, -0.25) is 9.69 Å². The summed E-state index contributed by atoms with van der Waals surface area (Å²) in [6, 6.07) is 16.9. The van der Waals surface area contributed by atoms with Gasteiger partial charge >= 0.3 is 0 Å². The van der Waals surface area contributed by atoms with Crippen molar-refractivity contribution >= 4 is 16.7 Å². The van der Waals surface area contributed by atoms with Crippen LogP contribution in [0.1, 0.15) is 25.3 Å². The largest absolute Gasteiger partial charge is 0.337 e. The molecule has 24 heavy (non-hydrogen) atoms. The molecular formula is C20H23N3O. The number of rotatable bonds is 6. The summed E-state index contributed by atoms with van der Waals surface area (Å²) in [4.78, 5) is 14.2. The lowest BCUT2D eigenvalue weighted by molar-refractivity contribution is -0.123. The van der Waals surface area contributed by atoms with Crippen LogP contribution in [0.5, 0.6) is 0 Å². The first-order valence-electron chi connectivity index (χ1n) is 8.39. The van der Waals surface area contributed by atoms with Crippen LogP contribution in [0.3, 0.4) is 0 Å². The predicted octanol–water partition coefficient (Wildman–Crippen LogP) is 3.08. The maximum absolute atomic E-state index is 12.3. The van der Waals surface area contributed by atoms with Crippen LogP contribution in [0.15, 0.2) is 42.5 Å².